The third-order valence-electron chi connectivity index (χ3n) is 2.93. The highest BCUT2D eigenvalue weighted by molar-refractivity contribution is 6.00. The van der Waals surface area contributed by atoms with Crippen LogP contribution in [0.4, 0.5) is 4.79 Å². The molecule has 1 aromatic rings. The zero-order chi connectivity index (χ0) is 16.0. The van der Waals surface area contributed by atoms with Crippen LogP contribution in [0.3, 0.4) is 0 Å². The van der Waals surface area contributed by atoms with E-state index in [0.29, 0.717) is 5.92 Å². The van der Waals surface area contributed by atoms with E-state index in [1.54, 1.807) is 0 Å². The predicted octanol–water partition coefficient (Wildman–Crippen LogP) is 4.45. The third kappa shape index (κ3) is 5.98. The number of nitrogens with zero attached hydrogens (tertiary/aromatic N) is 1. The first-order valence-electron chi connectivity index (χ1n) is 7.38. The van der Waals surface area contributed by atoms with Crippen molar-refractivity contribution in [1.29, 1.82) is 0 Å². The molecule has 1 N–H and O–H groups in total. The smallest absolute Gasteiger partial charge is 0.428 e. The van der Waals surface area contributed by atoms with E-state index in [4.69, 9.17) is 4.74 Å². The van der Waals surface area contributed by atoms with Gasteiger partial charge in [-0.1, -0.05) is 45.0 Å². The molecule has 0 spiro atoms. The Bertz CT molecular complexity index is 497. The van der Waals surface area contributed by atoms with Crippen molar-refractivity contribution in [2.45, 2.75) is 59.5 Å². The molecule has 0 aromatic heterocycles. The molecule has 0 unspecified atom stereocenters. The van der Waals surface area contributed by atoms with Gasteiger partial charge in [0.2, 0.25) is 0 Å². The van der Waals surface area contributed by atoms with E-state index in [1.165, 1.54) is 5.56 Å². The predicted molar refractivity (Wildman–Crippen MR) is 86.7 cm³/mol. The SMILES string of the molecule is CCC(=NNC(=O)OC(C)(C)C)c1ccc(C(C)C)cc1. The molecule has 0 aliphatic rings. The lowest BCUT2D eigenvalue weighted by Gasteiger charge is -2.18. The molecule has 0 atom stereocenters. The molecular formula is C17H26N2O2. The Morgan fingerprint density at radius 3 is 2.24 bits per heavy atom. The third-order valence-corrected chi connectivity index (χ3v) is 2.93. The number of hydrogen-bond donors (Lipinski definition) is 1. The van der Waals surface area contributed by atoms with Gasteiger partial charge in [0, 0.05) is 0 Å². The summed E-state index contributed by atoms with van der Waals surface area (Å²) < 4.78 is 5.16. The van der Waals surface area contributed by atoms with Crippen LogP contribution in [-0.4, -0.2) is 17.4 Å². The molecule has 1 aromatic carbocycles. The van der Waals surface area contributed by atoms with Gasteiger partial charge in [-0.25, -0.2) is 10.2 Å². The largest absolute Gasteiger partial charge is 0.443 e. The van der Waals surface area contributed by atoms with Crippen molar-refractivity contribution in [3.63, 3.8) is 0 Å². The maximum absolute atomic E-state index is 11.6. The second-order valence-electron chi connectivity index (χ2n) is 6.30. The number of carbonyl (C=O) groups excluding carboxylic acids is 1. The first-order chi connectivity index (χ1) is 9.73. The van der Waals surface area contributed by atoms with Crippen LogP contribution >= 0.6 is 0 Å². The number of hydrogen-bond acceptors (Lipinski definition) is 3. The van der Waals surface area contributed by atoms with E-state index in [2.05, 4.69) is 36.5 Å². The lowest BCUT2D eigenvalue weighted by atomic mass is 10.00. The molecular weight excluding hydrogens is 264 g/mol. The Hall–Kier alpha value is -1.84. The van der Waals surface area contributed by atoms with Gasteiger partial charge in [0.05, 0.1) is 5.71 Å². The number of nitrogens with one attached hydrogen (secondary N) is 1. The summed E-state index contributed by atoms with van der Waals surface area (Å²) in [5.41, 5.74) is 5.06. The summed E-state index contributed by atoms with van der Waals surface area (Å²) in [7, 11) is 0. The molecule has 0 bridgehead atoms. The molecule has 0 fully saturated rings. The molecule has 0 heterocycles. The van der Waals surface area contributed by atoms with E-state index >= 15 is 0 Å². The molecule has 4 nitrogen and oxygen atoms in total. The fourth-order valence-corrected chi connectivity index (χ4v) is 1.82. The van der Waals surface area contributed by atoms with Gasteiger partial charge in [0.15, 0.2) is 0 Å². The fraction of sp³-hybridized carbons (Fsp3) is 0.529. The number of carbonyl (C=O) groups is 1. The van der Waals surface area contributed by atoms with Gasteiger partial charge in [-0.2, -0.15) is 5.10 Å². The summed E-state index contributed by atoms with van der Waals surface area (Å²) in [5.74, 6) is 0.501. The molecule has 0 saturated heterocycles. The van der Waals surface area contributed by atoms with E-state index in [0.717, 1.165) is 17.7 Å². The maximum atomic E-state index is 11.6. The van der Waals surface area contributed by atoms with Crippen LogP contribution < -0.4 is 5.43 Å². The first kappa shape index (κ1) is 17.2. The van der Waals surface area contributed by atoms with Crippen molar-refractivity contribution in [2.75, 3.05) is 0 Å². The molecule has 21 heavy (non-hydrogen) atoms. The highest BCUT2D eigenvalue weighted by Gasteiger charge is 2.15. The Kier molecular flexibility index (Phi) is 5.94. The summed E-state index contributed by atoms with van der Waals surface area (Å²) in [5, 5.41) is 4.16. The van der Waals surface area contributed by atoms with Crippen LogP contribution in [0.2, 0.25) is 0 Å². The lowest BCUT2D eigenvalue weighted by molar-refractivity contribution is 0.0529. The topological polar surface area (TPSA) is 50.7 Å². The summed E-state index contributed by atoms with van der Waals surface area (Å²) >= 11 is 0. The number of rotatable bonds is 4. The molecule has 0 aliphatic heterocycles. The Morgan fingerprint density at radius 1 is 1.24 bits per heavy atom. The Morgan fingerprint density at radius 2 is 1.81 bits per heavy atom. The van der Waals surface area contributed by atoms with Crippen molar-refractivity contribution in [2.24, 2.45) is 5.10 Å². The Balaban J connectivity index is 2.78. The number of ether oxygens (including phenoxy) is 1. The molecule has 4 heteroatoms. The average molecular weight is 290 g/mol. The van der Waals surface area contributed by atoms with E-state index in [-0.39, 0.29) is 0 Å². The zero-order valence-electron chi connectivity index (χ0n) is 13.9. The van der Waals surface area contributed by atoms with E-state index in [1.807, 2.05) is 39.8 Å². The van der Waals surface area contributed by atoms with Crippen molar-refractivity contribution in [1.82, 2.24) is 5.43 Å². The van der Waals surface area contributed by atoms with E-state index < -0.39 is 11.7 Å². The quantitative estimate of drug-likeness (QED) is 0.658. The lowest BCUT2D eigenvalue weighted by Crippen LogP contribution is -2.30. The van der Waals surface area contributed by atoms with Gasteiger partial charge in [0.1, 0.15) is 5.60 Å². The second-order valence-corrected chi connectivity index (χ2v) is 6.30. The minimum Gasteiger partial charge on any atom is -0.443 e. The van der Waals surface area contributed by atoms with Crippen LogP contribution in [0.5, 0.6) is 0 Å². The minimum atomic E-state index is -0.535. The highest BCUT2D eigenvalue weighted by Crippen LogP contribution is 2.15. The standard InChI is InChI=1S/C17H26N2O2/c1-7-15(18-19-16(20)21-17(4,5)6)14-10-8-13(9-11-14)12(2)3/h8-12H,7H2,1-6H3,(H,19,20). The number of hydrazone groups is 1. The van der Waals surface area contributed by atoms with Crippen molar-refractivity contribution < 1.29 is 9.53 Å². The van der Waals surface area contributed by atoms with Crippen LogP contribution in [0.15, 0.2) is 29.4 Å². The van der Waals surface area contributed by atoms with Crippen molar-refractivity contribution in [3.8, 4) is 0 Å². The molecule has 1 rings (SSSR count). The van der Waals surface area contributed by atoms with Crippen LogP contribution in [-0.2, 0) is 4.74 Å². The van der Waals surface area contributed by atoms with Gasteiger partial charge in [-0.3, -0.25) is 0 Å². The van der Waals surface area contributed by atoms with Crippen molar-refractivity contribution >= 4 is 11.8 Å². The van der Waals surface area contributed by atoms with Gasteiger partial charge in [-0.05, 0) is 44.2 Å². The summed E-state index contributed by atoms with van der Waals surface area (Å²) in [6.45, 7) is 11.8. The van der Waals surface area contributed by atoms with Gasteiger partial charge in [-0.15, -0.1) is 0 Å². The maximum Gasteiger partial charge on any atom is 0.428 e. The summed E-state index contributed by atoms with van der Waals surface area (Å²) in [6, 6.07) is 8.26. The van der Waals surface area contributed by atoms with Gasteiger partial charge < -0.3 is 4.74 Å². The van der Waals surface area contributed by atoms with E-state index in [9.17, 15) is 4.79 Å². The van der Waals surface area contributed by atoms with Crippen LogP contribution in [0, 0.1) is 0 Å². The fourth-order valence-electron chi connectivity index (χ4n) is 1.82. The number of benzene rings is 1. The van der Waals surface area contributed by atoms with Crippen LogP contribution in [0.1, 0.15) is 65.0 Å². The summed E-state index contributed by atoms with van der Waals surface area (Å²) in [6.07, 6.45) is 0.198. The number of amides is 1. The normalized spacial score (nSPS) is 12.4. The molecule has 0 saturated carbocycles. The Labute approximate surface area is 127 Å². The van der Waals surface area contributed by atoms with Gasteiger partial charge >= 0.3 is 6.09 Å². The minimum absolute atomic E-state index is 0.501. The molecule has 116 valence electrons. The monoisotopic (exact) mass is 290 g/mol. The zero-order valence-corrected chi connectivity index (χ0v) is 13.9. The van der Waals surface area contributed by atoms with Gasteiger partial charge in [0.25, 0.3) is 0 Å². The first-order valence-corrected chi connectivity index (χ1v) is 7.38. The average Bonchev–Trinajstić information content (AvgIpc) is 2.38. The van der Waals surface area contributed by atoms with Crippen molar-refractivity contribution in [3.05, 3.63) is 35.4 Å². The summed E-state index contributed by atoms with van der Waals surface area (Å²) in [4.78, 5) is 11.6. The molecule has 1 amide bonds. The molecule has 0 radical (unpaired) electrons. The van der Waals surface area contributed by atoms with Crippen LogP contribution in [0.25, 0.3) is 0 Å². The second kappa shape index (κ2) is 7.25. The highest BCUT2D eigenvalue weighted by atomic mass is 16.6. The molecule has 0 aliphatic carbocycles.